The van der Waals surface area contributed by atoms with E-state index in [1.54, 1.807) is 0 Å². The molecule has 0 saturated carbocycles. The molecule has 2 N–H and O–H groups in total. The van der Waals surface area contributed by atoms with Crippen molar-refractivity contribution in [2.24, 2.45) is 0 Å². The summed E-state index contributed by atoms with van der Waals surface area (Å²) in [5.41, 5.74) is 1.82. The summed E-state index contributed by atoms with van der Waals surface area (Å²) >= 11 is 0. The van der Waals surface area contributed by atoms with E-state index in [-0.39, 0.29) is 23.0 Å². The Hall–Kier alpha value is -2.07. The van der Waals surface area contributed by atoms with Crippen LogP contribution in [0.2, 0.25) is 0 Å². The number of benzene rings is 1. The van der Waals surface area contributed by atoms with Gasteiger partial charge in [-0.05, 0) is 76.9 Å². The summed E-state index contributed by atoms with van der Waals surface area (Å²) in [4.78, 5) is 12.6. The van der Waals surface area contributed by atoms with Crippen LogP contribution in [0.1, 0.15) is 50.9 Å². The van der Waals surface area contributed by atoms with E-state index in [2.05, 4.69) is 38.3 Å². The number of hydrogen-bond acceptors (Lipinski definition) is 2. The predicted octanol–water partition coefficient (Wildman–Crippen LogP) is 3.52. The topological polar surface area (TPSA) is 46.1 Å². The zero-order valence-corrected chi connectivity index (χ0v) is 15.0. The van der Waals surface area contributed by atoms with Crippen LogP contribution in [0.5, 0.6) is 0 Å². The number of piperidine rings is 1. The number of nitrogens with zero attached hydrogens (tertiary/aromatic N) is 1. The highest BCUT2D eigenvalue weighted by Crippen LogP contribution is 2.28. The molecule has 0 aliphatic carbocycles. The molecule has 4 nitrogen and oxygen atoms in total. The lowest BCUT2D eigenvalue weighted by Gasteiger charge is -2.46. The van der Waals surface area contributed by atoms with Gasteiger partial charge in [0.1, 0.15) is 0 Å². The second-order valence-electron chi connectivity index (χ2n) is 8.11. The number of carbonyl (C=O) groups is 1. The van der Waals surface area contributed by atoms with Crippen molar-refractivity contribution in [2.75, 3.05) is 0 Å². The quantitative estimate of drug-likeness (QED) is 0.907. The fourth-order valence-electron chi connectivity index (χ4n) is 3.98. The van der Waals surface area contributed by atoms with Crippen molar-refractivity contribution in [3.8, 4) is 5.69 Å². The smallest absolute Gasteiger partial charge is 0.251 e. The third-order valence-corrected chi connectivity index (χ3v) is 4.56. The van der Waals surface area contributed by atoms with Gasteiger partial charge in [-0.25, -0.2) is 0 Å². The molecule has 3 rings (SSSR count). The van der Waals surface area contributed by atoms with Gasteiger partial charge < -0.3 is 15.2 Å². The molecule has 2 heterocycles. The molecule has 0 radical (unpaired) electrons. The lowest BCUT2D eigenvalue weighted by atomic mass is 9.79. The largest absolute Gasteiger partial charge is 0.349 e. The molecule has 2 aromatic rings. The second kappa shape index (κ2) is 6.10. The maximum atomic E-state index is 12.6. The highest BCUT2D eigenvalue weighted by Gasteiger charge is 2.38. The molecule has 1 aromatic heterocycles. The van der Waals surface area contributed by atoms with Gasteiger partial charge in [-0.1, -0.05) is 0 Å². The first-order valence-corrected chi connectivity index (χ1v) is 8.58. The van der Waals surface area contributed by atoms with Crippen LogP contribution < -0.4 is 10.6 Å². The lowest BCUT2D eigenvalue weighted by Crippen LogP contribution is -2.62. The summed E-state index contributed by atoms with van der Waals surface area (Å²) in [6.07, 6.45) is 5.86. The van der Waals surface area contributed by atoms with E-state index in [4.69, 9.17) is 0 Å². The minimum Gasteiger partial charge on any atom is -0.349 e. The summed E-state index contributed by atoms with van der Waals surface area (Å²) in [6, 6.07) is 11.9. The first-order valence-electron chi connectivity index (χ1n) is 8.58. The van der Waals surface area contributed by atoms with Gasteiger partial charge >= 0.3 is 0 Å². The Kier molecular flexibility index (Phi) is 4.26. The van der Waals surface area contributed by atoms with Gasteiger partial charge in [-0.15, -0.1) is 0 Å². The third-order valence-electron chi connectivity index (χ3n) is 4.56. The summed E-state index contributed by atoms with van der Waals surface area (Å²) in [7, 11) is 0. The van der Waals surface area contributed by atoms with Crippen LogP contribution in [-0.2, 0) is 0 Å². The summed E-state index contributed by atoms with van der Waals surface area (Å²) < 4.78 is 2.03. The maximum absolute atomic E-state index is 12.6. The Labute approximate surface area is 144 Å². The Bertz CT molecular complexity index is 683. The Balaban J connectivity index is 1.68. The van der Waals surface area contributed by atoms with Gasteiger partial charge in [0.05, 0.1) is 0 Å². The van der Waals surface area contributed by atoms with E-state index < -0.39 is 0 Å². The Morgan fingerprint density at radius 1 is 1.04 bits per heavy atom. The monoisotopic (exact) mass is 325 g/mol. The standard InChI is InChI=1S/C20H27N3O/c1-19(2)13-16(14-20(3,4)22-19)21-18(24)15-7-9-17(10-8-15)23-11-5-6-12-23/h5-12,16,22H,13-14H2,1-4H3,(H,21,24). The van der Waals surface area contributed by atoms with Crippen molar-refractivity contribution in [1.29, 1.82) is 0 Å². The molecule has 24 heavy (non-hydrogen) atoms. The van der Waals surface area contributed by atoms with Crippen molar-refractivity contribution < 1.29 is 4.79 Å². The van der Waals surface area contributed by atoms with Crippen molar-refractivity contribution in [2.45, 2.75) is 57.7 Å². The minimum atomic E-state index is 0.00700. The molecule has 0 spiro atoms. The van der Waals surface area contributed by atoms with Crippen LogP contribution in [0.3, 0.4) is 0 Å². The highest BCUT2D eigenvalue weighted by atomic mass is 16.1. The van der Waals surface area contributed by atoms with E-state index >= 15 is 0 Å². The maximum Gasteiger partial charge on any atom is 0.251 e. The van der Waals surface area contributed by atoms with Gasteiger partial charge in [-0.3, -0.25) is 4.79 Å². The molecule has 0 bridgehead atoms. The van der Waals surface area contributed by atoms with E-state index in [9.17, 15) is 4.79 Å². The van der Waals surface area contributed by atoms with Gasteiger partial charge in [-0.2, -0.15) is 0 Å². The average Bonchev–Trinajstić information content (AvgIpc) is 2.98. The SMILES string of the molecule is CC1(C)CC(NC(=O)c2ccc(-n3cccc3)cc2)CC(C)(C)N1. The zero-order chi connectivity index (χ0) is 17.4. The average molecular weight is 325 g/mol. The molecule has 1 amide bonds. The van der Waals surface area contributed by atoms with Crippen LogP contribution in [-0.4, -0.2) is 27.6 Å². The second-order valence-corrected chi connectivity index (χ2v) is 8.11. The summed E-state index contributed by atoms with van der Waals surface area (Å²) in [6.45, 7) is 8.77. The van der Waals surface area contributed by atoms with Gasteiger partial charge in [0.2, 0.25) is 0 Å². The molecule has 1 fully saturated rings. The van der Waals surface area contributed by atoms with Crippen LogP contribution in [0, 0.1) is 0 Å². The number of carbonyl (C=O) groups excluding carboxylic acids is 1. The molecule has 0 atom stereocenters. The van der Waals surface area contributed by atoms with E-state index in [1.165, 1.54) is 0 Å². The van der Waals surface area contributed by atoms with Crippen LogP contribution in [0.25, 0.3) is 5.69 Å². The highest BCUT2D eigenvalue weighted by molar-refractivity contribution is 5.94. The first kappa shape index (κ1) is 16.8. The van der Waals surface area contributed by atoms with Crippen molar-refractivity contribution >= 4 is 5.91 Å². The Morgan fingerprint density at radius 3 is 2.12 bits per heavy atom. The van der Waals surface area contributed by atoms with Crippen LogP contribution in [0.4, 0.5) is 0 Å². The molecule has 128 valence electrons. The molecular formula is C20H27N3O. The fourth-order valence-corrected chi connectivity index (χ4v) is 3.98. The number of nitrogens with one attached hydrogen (secondary N) is 2. The number of hydrogen-bond donors (Lipinski definition) is 2. The molecular weight excluding hydrogens is 298 g/mol. The minimum absolute atomic E-state index is 0.00700. The summed E-state index contributed by atoms with van der Waals surface area (Å²) in [5, 5.41) is 6.86. The van der Waals surface area contributed by atoms with Gasteiger partial charge in [0.15, 0.2) is 0 Å². The molecule has 1 aliphatic rings. The summed E-state index contributed by atoms with van der Waals surface area (Å²) in [5.74, 6) is 0.00700. The molecule has 1 aromatic carbocycles. The third kappa shape index (κ3) is 3.88. The van der Waals surface area contributed by atoms with Crippen molar-refractivity contribution in [3.05, 3.63) is 54.4 Å². The molecule has 1 saturated heterocycles. The van der Waals surface area contributed by atoms with Crippen LogP contribution >= 0.6 is 0 Å². The van der Waals surface area contributed by atoms with Gasteiger partial charge in [0.25, 0.3) is 5.91 Å². The van der Waals surface area contributed by atoms with Crippen molar-refractivity contribution in [3.63, 3.8) is 0 Å². The Morgan fingerprint density at radius 2 is 1.58 bits per heavy atom. The fraction of sp³-hybridized carbons (Fsp3) is 0.450. The molecule has 4 heteroatoms. The lowest BCUT2D eigenvalue weighted by molar-refractivity contribution is 0.0873. The number of amides is 1. The van der Waals surface area contributed by atoms with Crippen molar-refractivity contribution in [1.82, 2.24) is 15.2 Å². The van der Waals surface area contributed by atoms with Gasteiger partial charge in [0, 0.05) is 40.8 Å². The first-order chi connectivity index (χ1) is 11.2. The molecule has 1 aliphatic heterocycles. The number of rotatable bonds is 3. The predicted molar refractivity (Wildman–Crippen MR) is 97.6 cm³/mol. The van der Waals surface area contributed by atoms with E-state index in [0.29, 0.717) is 5.56 Å². The zero-order valence-electron chi connectivity index (χ0n) is 15.0. The van der Waals surface area contributed by atoms with Crippen LogP contribution in [0.15, 0.2) is 48.8 Å². The number of aromatic nitrogens is 1. The van der Waals surface area contributed by atoms with E-state index in [1.807, 2.05) is 53.4 Å². The normalized spacial score (nSPS) is 19.8. The molecule has 0 unspecified atom stereocenters. The van der Waals surface area contributed by atoms with E-state index in [0.717, 1.165) is 18.5 Å².